The molecule has 0 spiro atoms. The molecule has 1 aliphatic rings. The first kappa shape index (κ1) is 8.20. The number of hydrogen-bond acceptors (Lipinski definition) is 2. The largest absolute Gasteiger partial charge is 0.316 e. The van der Waals surface area contributed by atoms with E-state index in [0.29, 0.717) is 5.92 Å². The summed E-state index contributed by atoms with van der Waals surface area (Å²) in [6, 6.07) is 4.15. The number of nitrogens with zero attached hydrogens (tertiary/aromatic N) is 1. The molecule has 2 heterocycles. The standard InChI is InChI=1S/C9H11BrN2/c10-9-8(2-1-4-12-9)7-3-5-11-6-7/h1-2,4,7,11H,3,5-6H2. The van der Waals surface area contributed by atoms with Crippen LogP contribution in [0.2, 0.25) is 0 Å². The minimum atomic E-state index is 0.646. The van der Waals surface area contributed by atoms with Gasteiger partial charge in [0.15, 0.2) is 0 Å². The summed E-state index contributed by atoms with van der Waals surface area (Å²) in [4.78, 5) is 4.21. The quantitative estimate of drug-likeness (QED) is 0.741. The third kappa shape index (κ3) is 1.52. The van der Waals surface area contributed by atoms with Crippen molar-refractivity contribution in [3.05, 3.63) is 28.5 Å². The highest BCUT2D eigenvalue weighted by molar-refractivity contribution is 9.10. The first-order valence-electron chi connectivity index (χ1n) is 4.19. The lowest BCUT2D eigenvalue weighted by Crippen LogP contribution is -2.08. The number of hydrogen-bond donors (Lipinski definition) is 1. The van der Waals surface area contributed by atoms with Crippen LogP contribution < -0.4 is 5.32 Å². The van der Waals surface area contributed by atoms with Gasteiger partial charge < -0.3 is 5.32 Å². The van der Waals surface area contributed by atoms with E-state index in [2.05, 4.69) is 32.3 Å². The highest BCUT2D eigenvalue weighted by atomic mass is 79.9. The highest BCUT2D eigenvalue weighted by Gasteiger charge is 2.18. The summed E-state index contributed by atoms with van der Waals surface area (Å²) in [6.07, 6.45) is 3.04. The molecule has 0 bridgehead atoms. The van der Waals surface area contributed by atoms with Crippen molar-refractivity contribution in [3.63, 3.8) is 0 Å². The normalized spacial score (nSPS) is 22.9. The lowest BCUT2D eigenvalue weighted by atomic mass is 10.0. The summed E-state index contributed by atoms with van der Waals surface area (Å²) in [5, 5.41) is 3.35. The van der Waals surface area contributed by atoms with Crippen LogP contribution in [0.3, 0.4) is 0 Å². The van der Waals surface area contributed by atoms with E-state index in [9.17, 15) is 0 Å². The van der Waals surface area contributed by atoms with Gasteiger partial charge in [-0.2, -0.15) is 0 Å². The Bertz CT molecular complexity index is 269. The molecule has 1 saturated heterocycles. The third-order valence-corrected chi connectivity index (χ3v) is 2.95. The van der Waals surface area contributed by atoms with Crippen LogP contribution in [0.1, 0.15) is 17.9 Å². The first-order chi connectivity index (χ1) is 5.88. The van der Waals surface area contributed by atoms with Gasteiger partial charge in [0.2, 0.25) is 0 Å². The van der Waals surface area contributed by atoms with E-state index >= 15 is 0 Å². The maximum atomic E-state index is 4.21. The molecule has 1 unspecified atom stereocenters. The first-order valence-corrected chi connectivity index (χ1v) is 4.98. The van der Waals surface area contributed by atoms with Crippen molar-refractivity contribution in [3.8, 4) is 0 Å². The van der Waals surface area contributed by atoms with E-state index in [1.165, 1.54) is 12.0 Å². The molecule has 0 amide bonds. The number of nitrogens with one attached hydrogen (secondary N) is 1. The van der Waals surface area contributed by atoms with Crippen LogP contribution in [0.4, 0.5) is 0 Å². The molecule has 1 atom stereocenters. The van der Waals surface area contributed by atoms with Gasteiger partial charge in [-0.15, -0.1) is 0 Å². The summed E-state index contributed by atoms with van der Waals surface area (Å²) in [5.41, 5.74) is 1.34. The maximum absolute atomic E-state index is 4.21. The summed E-state index contributed by atoms with van der Waals surface area (Å²) >= 11 is 3.47. The van der Waals surface area contributed by atoms with Crippen LogP contribution in [0.25, 0.3) is 0 Å². The number of rotatable bonds is 1. The van der Waals surface area contributed by atoms with Crippen molar-refractivity contribution >= 4 is 15.9 Å². The van der Waals surface area contributed by atoms with Gasteiger partial charge in [0.1, 0.15) is 4.60 Å². The molecule has 2 rings (SSSR count). The van der Waals surface area contributed by atoms with Gasteiger partial charge in [0.25, 0.3) is 0 Å². The molecule has 0 aromatic carbocycles. The molecule has 2 nitrogen and oxygen atoms in total. The molecule has 1 aromatic rings. The van der Waals surface area contributed by atoms with Crippen LogP contribution in [0, 0.1) is 0 Å². The molecule has 1 N–H and O–H groups in total. The number of aromatic nitrogens is 1. The summed E-state index contributed by atoms with van der Waals surface area (Å²) in [7, 11) is 0. The Balaban J connectivity index is 2.26. The molecule has 1 fully saturated rings. The molecule has 64 valence electrons. The van der Waals surface area contributed by atoms with E-state index in [4.69, 9.17) is 0 Å². The maximum Gasteiger partial charge on any atom is 0.109 e. The van der Waals surface area contributed by atoms with E-state index in [1.807, 2.05) is 12.3 Å². The number of halogens is 1. The van der Waals surface area contributed by atoms with Crippen molar-refractivity contribution in [2.75, 3.05) is 13.1 Å². The zero-order valence-electron chi connectivity index (χ0n) is 6.76. The summed E-state index contributed by atoms with van der Waals surface area (Å²) in [5.74, 6) is 0.646. The second-order valence-corrected chi connectivity index (χ2v) is 3.82. The van der Waals surface area contributed by atoms with Gasteiger partial charge in [-0.3, -0.25) is 0 Å². The molecule has 1 aliphatic heterocycles. The highest BCUT2D eigenvalue weighted by Crippen LogP contribution is 2.26. The average Bonchev–Trinajstić information content (AvgIpc) is 2.57. The van der Waals surface area contributed by atoms with E-state index in [0.717, 1.165) is 17.7 Å². The minimum Gasteiger partial charge on any atom is -0.316 e. The third-order valence-electron chi connectivity index (χ3n) is 2.29. The minimum absolute atomic E-state index is 0.646. The van der Waals surface area contributed by atoms with Crippen LogP contribution in [-0.4, -0.2) is 18.1 Å². The van der Waals surface area contributed by atoms with E-state index in [1.54, 1.807) is 0 Å². The second-order valence-electron chi connectivity index (χ2n) is 3.07. The Morgan fingerprint density at radius 2 is 2.50 bits per heavy atom. The van der Waals surface area contributed by atoms with Crippen LogP contribution in [-0.2, 0) is 0 Å². The number of pyridine rings is 1. The Morgan fingerprint density at radius 3 is 3.17 bits per heavy atom. The van der Waals surface area contributed by atoms with E-state index < -0.39 is 0 Å². The molecular weight excluding hydrogens is 216 g/mol. The average molecular weight is 227 g/mol. The van der Waals surface area contributed by atoms with Gasteiger partial charge in [-0.25, -0.2) is 4.98 Å². The zero-order chi connectivity index (χ0) is 8.39. The fraction of sp³-hybridized carbons (Fsp3) is 0.444. The van der Waals surface area contributed by atoms with Crippen molar-refractivity contribution in [2.45, 2.75) is 12.3 Å². The van der Waals surface area contributed by atoms with Crippen molar-refractivity contribution in [2.24, 2.45) is 0 Å². The molecule has 1 aromatic heterocycles. The van der Waals surface area contributed by atoms with Crippen LogP contribution >= 0.6 is 15.9 Å². The molecule has 3 heteroatoms. The predicted octanol–water partition coefficient (Wildman–Crippen LogP) is 1.92. The van der Waals surface area contributed by atoms with E-state index in [-0.39, 0.29) is 0 Å². The van der Waals surface area contributed by atoms with Crippen molar-refractivity contribution in [1.82, 2.24) is 10.3 Å². The lowest BCUT2D eigenvalue weighted by molar-refractivity contribution is 0.753. The molecule has 0 radical (unpaired) electrons. The topological polar surface area (TPSA) is 24.9 Å². The lowest BCUT2D eigenvalue weighted by Gasteiger charge is -2.09. The summed E-state index contributed by atoms with van der Waals surface area (Å²) in [6.45, 7) is 2.22. The van der Waals surface area contributed by atoms with Crippen molar-refractivity contribution < 1.29 is 0 Å². The van der Waals surface area contributed by atoms with Gasteiger partial charge >= 0.3 is 0 Å². The predicted molar refractivity (Wildman–Crippen MR) is 52.2 cm³/mol. The Morgan fingerprint density at radius 1 is 1.58 bits per heavy atom. The van der Waals surface area contributed by atoms with Crippen LogP contribution in [0.5, 0.6) is 0 Å². The van der Waals surface area contributed by atoms with Gasteiger partial charge in [-0.1, -0.05) is 6.07 Å². The molecule has 0 aliphatic carbocycles. The smallest absolute Gasteiger partial charge is 0.109 e. The molecule has 0 saturated carbocycles. The SMILES string of the molecule is Brc1ncccc1C1CCNC1. The fourth-order valence-electron chi connectivity index (χ4n) is 1.62. The Kier molecular flexibility index (Phi) is 2.42. The van der Waals surface area contributed by atoms with Gasteiger partial charge in [0, 0.05) is 18.7 Å². The molecule has 12 heavy (non-hydrogen) atoms. The second kappa shape index (κ2) is 3.54. The van der Waals surface area contributed by atoms with Crippen molar-refractivity contribution in [1.29, 1.82) is 0 Å². The monoisotopic (exact) mass is 226 g/mol. The molecular formula is C9H11BrN2. The Hall–Kier alpha value is -0.410. The van der Waals surface area contributed by atoms with Gasteiger partial charge in [0.05, 0.1) is 0 Å². The van der Waals surface area contributed by atoms with Gasteiger partial charge in [-0.05, 0) is 40.5 Å². The van der Waals surface area contributed by atoms with Crippen LogP contribution in [0.15, 0.2) is 22.9 Å². The Labute approximate surface area is 80.5 Å². The summed E-state index contributed by atoms with van der Waals surface area (Å²) < 4.78 is 0.999. The fourth-order valence-corrected chi connectivity index (χ4v) is 2.20. The zero-order valence-corrected chi connectivity index (χ0v) is 8.34.